The van der Waals surface area contributed by atoms with Crippen LogP contribution >= 0.6 is 0 Å². The molecule has 6 heteroatoms. The maximum Gasteiger partial charge on any atom is 0.251 e. The molecule has 0 bridgehead atoms. The second-order valence-corrected chi connectivity index (χ2v) is 9.99. The lowest BCUT2D eigenvalue weighted by Gasteiger charge is -2.32. The number of benzene rings is 2. The molecule has 1 saturated heterocycles. The van der Waals surface area contributed by atoms with Gasteiger partial charge in [0.05, 0.1) is 0 Å². The number of carbonyl (C=O) groups is 2. The van der Waals surface area contributed by atoms with Crippen molar-refractivity contribution >= 4 is 17.5 Å². The summed E-state index contributed by atoms with van der Waals surface area (Å²) in [6.45, 7) is 4.35. The van der Waals surface area contributed by atoms with Crippen molar-refractivity contribution in [2.24, 2.45) is 11.7 Å². The number of amides is 2. The summed E-state index contributed by atoms with van der Waals surface area (Å²) in [6, 6.07) is 16.4. The zero-order valence-electron chi connectivity index (χ0n) is 20.3. The van der Waals surface area contributed by atoms with Crippen LogP contribution in [0.5, 0.6) is 0 Å². The zero-order valence-corrected chi connectivity index (χ0v) is 20.3. The highest BCUT2D eigenvalue weighted by Gasteiger charge is 2.25. The molecule has 1 heterocycles. The molecule has 2 aromatic carbocycles. The number of likely N-dealkylation sites (tertiary alicyclic amines) is 1. The molecule has 1 saturated carbocycles. The summed E-state index contributed by atoms with van der Waals surface area (Å²) in [5.74, 6) is 0.461. The van der Waals surface area contributed by atoms with Gasteiger partial charge < -0.3 is 16.4 Å². The van der Waals surface area contributed by atoms with Gasteiger partial charge in [-0.05, 0) is 74.4 Å². The molecular formula is C28H38N4O2. The Labute approximate surface area is 203 Å². The molecule has 6 nitrogen and oxygen atoms in total. The fourth-order valence-electron chi connectivity index (χ4n) is 5.29. The third kappa shape index (κ3) is 6.67. The highest BCUT2D eigenvalue weighted by molar-refractivity contribution is 5.97. The Bertz CT molecular complexity index is 970. The Morgan fingerprint density at radius 2 is 1.74 bits per heavy atom. The molecule has 182 valence electrons. The van der Waals surface area contributed by atoms with Crippen LogP contribution in [-0.2, 0) is 17.8 Å². The SMILES string of the molecule is CC(=O)Nc1cc(C(=O)NC2CCCCC2N)ccc1CN1CCC(Cc2ccccc2)CC1. The van der Waals surface area contributed by atoms with Crippen molar-refractivity contribution in [2.75, 3.05) is 18.4 Å². The van der Waals surface area contributed by atoms with Gasteiger partial charge in [-0.3, -0.25) is 14.5 Å². The molecule has 2 aromatic rings. The third-order valence-electron chi connectivity index (χ3n) is 7.29. The third-order valence-corrected chi connectivity index (χ3v) is 7.29. The number of rotatable bonds is 7. The van der Waals surface area contributed by atoms with Gasteiger partial charge in [0.2, 0.25) is 5.91 Å². The molecule has 4 N–H and O–H groups in total. The summed E-state index contributed by atoms with van der Waals surface area (Å²) in [5, 5.41) is 6.05. The molecule has 1 aliphatic heterocycles. The lowest BCUT2D eigenvalue weighted by atomic mass is 9.90. The molecule has 2 amide bonds. The molecule has 2 aliphatic rings. The molecule has 0 spiro atoms. The number of nitrogens with zero attached hydrogens (tertiary/aromatic N) is 1. The fraction of sp³-hybridized carbons (Fsp3) is 0.500. The second kappa shape index (κ2) is 11.6. The van der Waals surface area contributed by atoms with Gasteiger partial charge in [-0.2, -0.15) is 0 Å². The number of hydrogen-bond donors (Lipinski definition) is 3. The van der Waals surface area contributed by atoms with Crippen LogP contribution < -0.4 is 16.4 Å². The first kappa shape index (κ1) is 24.4. The lowest BCUT2D eigenvalue weighted by Crippen LogP contribution is -2.49. The Kier molecular flexibility index (Phi) is 8.35. The minimum absolute atomic E-state index is 0.0107. The van der Waals surface area contributed by atoms with Crippen LogP contribution in [-0.4, -0.2) is 41.9 Å². The van der Waals surface area contributed by atoms with E-state index in [2.05, 4.69) is 45.9 Å². The van der Waals surface area contributed by atoms with E-state index in [4.69, 9.17) is 5.73 Å². The summed E-state index contributed by atoms with van der Waals surface area (Å²) in [5.41, 5.74) is 9.95. The molecule has 2 atom stereocenters. The molecular weight excluding hydrogens is 424 g/mol. The summed E-state index contributed by atoms with van der Waals surface area (Å²) < 4.78 is 0. The number of anilines is 1. The van der Waals surface area contributed by atoms with Crippen molar-refractivity contribution in [1.29, 1.82) is 0 Å². The summed E-state index contributed by atoms with van der Waals surface area (Å²) >= 11 is 0. The average Bonchev–Trinajstić information content (AvgIpc) is 2.83. The largest absolute Gasteiger partial charge is 0.348 e. The quantitative estimate of drug-likeness (QED) is 0.578. The maximum atomic E-state index is 12.9. The summed E-state index contributed by atoms with van der Waals surface area (Å²) in [6.07, 6.45) is 7.57. The van der Waals surface area contributed by atoms with Gasteiger partial charge in [0.15, 0.2) is 0 Å². The smallest absolute Gasteiger partial charge is 0.251 e. The van der Waals surface area contributed by atoms with E-state index in [1.54, 1.807) is 0 Å². The number of hydrogen-bond acceptors (Lipinski definition) is 4. The van der Waals surface area contributed by atoms with Gasteiger partial charge in [0, 0.05) is 36.8 Å². The molecule has 0 aromatic heterocycles. The number of nitrogens with two attached hydrogens (primary N) is 1. The Hall–Kier alpha value is -2.70. The van der Waals surface area contributed by atoms with Gasteiger partial charge >= 0.3 is 0 Å². The van der Waals surface area contributed by atoms with E-state index >= 15 is 0 Å². The predicted molar refractivity (Wildman–Crippen MR) is 137 cm³/mol. The van der Waals surface area contributed by atoms with Gasteiger partial charge in [0.1, 0.15) is 0 Å². The fourth-order valence-corrected chi connectivity index (χ4v) is 5.29. The standard InChI is InChI=1S/C28H38N4O2/c1-20(33)30-27-18-23(28(34)31-26-10-6-5-9-25(26)29)11-12-24(27)19-32-15-13-22(14-16-32)17-21-7-3-2-4-8-21/h2-4,7-8,11-12,18,22,25-26H,5-6,9-10,13-17,19,29H2,1H3,(H,30,33)(H,31,34). The van der Waals surface area contributed by atoms with Crippen LogP contribution in [0.3, 0.4) is 0 Å². The van der Waals surface area contributed by atoms with Gasteiger partial charge in [-0.1, -0.05) is 49.2 Å². The van der Waals surface area contributed by atoms with E-state index < -0.39 is 0 Å². The first-order valence-electron chi connectivity index (χ1n) is 12.7. The van der Waals surface area contributed by atoms with Crippen LogP contribution in [0.25, 0.3) is 0 Å². The topological polar surface area (TPSA) is 87.5 Å². The number of carbonyl (C=O) groups excluding carboxylic acids is 2. The first-order valence-corrected chi connectivity index (χ1v) is 12.7. The van der Waals surface area contributed by atoms with Crippen molar-refractivity contribution < 1.29 is 9.59 Å². The first-order chi connectivity index (χ1) is 16.5. The van der Waals surface area contributed by atoms with E-state index in [-0.39, 0.29) is 23.9 Å². The summed E-state index contributed by atoms with van der Waals surface area (Å²) in [7, 11) is 0. The normalized spacial score (nSPS) is 21.7. The van der Waals surface area contributed by atoms with Crippen molar-refractivity contribution in [3.63, 3.8) is 0 Å². The van der Waals surface area contributed by atoms with Gasteiger partial charge in [-0.15, -0.1) is 0 Å². The van der Waals surface area contributed by atoms with E-state index in [0.29, 0.717) is 11.5 Å². The zero-order chi connectivity index (χ0) is 23.9. The van der Waals surface area contributed by atoms with E-state index in [9.17, 15) is 9.59 Å². The van der Waals surface area contributed by atoms with Gasteiger partial charge in [-0.25, -0.2) is 0 Å². The molecule has 0 radical (unpaired) electrons. The molecule has 4 rings (SSSR count). The minimum Gasteiger partial charge on any atom is -0.348 e. The van der Waals surface area contributed by atoms with Crippen LogP contribution in [0.15, 0.2) is 48.5 Å². The molecule has 1 aliphatic carbocycles. The van der Waals surface area contributed by atoms with Gasteiger partial charge in [0.25, 0.3) is 5.91 Å². The molecule has 34 heavy (non-hydrogen) atoms. The van der Waals surface area contributed by atoms with Crippen LogP contribution in [0, 0.1) is 5.92 Å². The minimum atomic E-state index is -0.130. The predicted octanol–water partition coefficient (Wildman–Crippen LogP) is 4.10. The monoisotopic (exact) mass is 462 g/mol. The van der Waals surface area contributed by atoms with Crippen molar-refractivity contribution in [1.82, 2.24) is 10.2 Å². The van der Waals surface area contributed by atoms with Crippen LogP contribution in [0.2, 0.25) is 0 Å². The number of nitrogens with one attached hydrogen (secondary N) is 2. The maximum absolute atomic E-state index is 12.9. The summed E-state index contributed by atoms with van der Waals surface area (Å²) in [4.78, 5) is 27.2. The lowest BCUT2D eigenvalue weighted by molar-refractivity contribution is -0.114. The van der Waals surface area contributed by atoms with E-state index in [1.165, 1.54) is 25.3 Å². The Balaban J connectivity index is 1.37. The molecule has 2 fully saturated rings. The van der Waals surface area contributed by atoms with Crippen molar-refractivity contribution in [2.45, 2.75) is 70.5 Å². The highest BCUT2D eigenvalue weighted by Crippen LogP contribution is 2.26. The van der Waals surface area contributed by atoms with Crippen LogP contribution in [0.1, 0.15) is 66.9 Å². The highest BCUT2D eigenvalue weighted by atomic mass is 16.2. The average molecular weight is 463 g/mol. The Morgan fingerprint density at radius 3 is 2.44 bits per heavy atom. The molecule has 2 unspecified atom stereocenters. The second-order valence-electron chi connectivity index (χ2n) is 9.99. The van der Waals surface area contributed by atoms with E-state index in [1.807, 2.05) is 18.2 Å². The number of piperidine rings is 1. The van der Waals surface area contributed by atoms with E-state index in [0.717, 1.165) is 63.0 Å². The van der Waals surface area contributed by atoms with Crippen molar-refractivity contribution in [3.8, 4) is 0 Å². The Morgan fingerprint density at radius 1 is 1.00 bits per heavy atom. The van der Waals surface area contributed by atoms with Crippen LogP contribution in [0.4, 0.5) is 5.69 Å². The van der Waals surface area contributed by atoms with Crippen molar-refractivity contribution in [3.05, 3.63) is 65.2 Å².